The summed E-state index contributed by atoms with van der Waals surface area (Å²) >= 11 is 0. The van der Waals surface area contributed by atoms with Gasteiger partial charge in [0.25, 0.3) is 5.91 Å². The second kappa shape index (κ2) is 6.40. The molecular weight excluding hydrogens is 250 g/mol. The molecule has 0 saturated carbocycles. The molecule has 0 aliphatic carbocycles. The molecule has 1 aliphatic heterocycles. The van der Waals surface area contributed by atoms with Crippen molar-refractivity contribution in [3.05, 3.63) is 23.8 Å². The number of carbonyl (C=O) groups is 1. The van der Waals surface area contributed by atoms with E-state index in [0.29, 0.717) is 30.3 Å². The Balaban J connectivity index is 1.95. The molecule has 1 aromatic carbocycles. The molecule has 0 bridgehead atoms. The fourth-order valence-corrected chi connectivity index (χ4v) is 1.75. The highest BCUT2D eigenvalue weighted by atomic mass is 16.6. The Morgan fingerprint density at radius 3 is 2.89 bits per heavy atom. The van der Waals surface area contributed by atoms with Crippen molar-refractivity contribution < 1.29 is 24.1 Å². The summed E-state index contributed by atoms with van der Waals surface area (Å²) in [5.41, 5.74) is 0.467. The maximum atomic E-state index is 11.9. The minimum atomic E-state index is -0.717. The van der Waals surface area contributed by atoms with Crippen molar-refractivity contribution in [3.8, 4) is 11.5 Å². The molecule has 1 amide bonds. The molecule has 1 aromatic rings. The predicted octanol–water partition coefficient (Wildman–Crippen LogP) is 0.195. The summed E-state index contributed by atoms with van der Waals surface area (Å²) in [5, 5.41) is 12.1. The molecule has 1 unspecified atom stereocenters. The molecule has 0 fully saturated rings. The highest BCUT2D eigenvalue weighted by molar-refractivity contribution is 5.94. The topological polar surface area (TPSA) is 77.0 Å². The van der Waals surface area contributed by atoms with Crippen LogP contribution in [0.3, 0.4) is 0 Å². The van der Waals surface area contributed by atoms with Gasteiger partial charge in [-0.05, 0) is 18.2 Å². The van der Waals surface area contributed by atoms with Gasteiger partial charge in [0.05, 0.1) is 12.7 Å². The summed E-state index contributed by atoms with van der Waals surface area (Å²) in [5.74, 6) is 0.936. The summed E-state index contributed by atoms with van der Waals surface area (Å²) in [7, 11) is 1.49. The van der Waals surface area contributed by atoms with Crippen molar-refractivity contribution >= 4 is 5.91 Å². The maximum Gasteiger partial charge on any atom is 0.251 e. The van der Waals surface area contributed by atoms with Crippen molar-refractivity contribution in [2.75, 3.05) is 33.5 Å². The Hall–Kier alpha value is -1.79. The number of hydrogen-bond acceptors (Lipinski definition) is 5. The summed E-state index contributed by atoms with van der Waals surface area (Å²) < 4.78 is 15.6. The summed E-state index contributed by atoms with van der Waals surface area (Å²) in [4.78, 5) is 11.9. The monoisotopic (exact) mass is 267 g/mol. The van der Waals surface area contributed by atoms with E-state index in [1.807, 2.05) is 0 Å². The van der Waals surface area contributed by atoms with Gasteiger partial charge in [-0.2, -0.15) is 0 Å². The molecule has 2 rings (SSSR count). The third-order valence-corrected chi connectivity index (χ3v) is 2.66. The van der Waals surface area contributed by atoms with Gasteiger partial charge in [-0.15, -0.1) is 0 Å². The van der Waals surface area contributed by atoms with Crippen LogP contribution in [-0.2, 0) is 4.74 Å². The zero-order valence-electron chi connectivity index (χ0n) is 10.7. The fourth-order valence-electron chi connectivity index (χ4n) is 1.75. The number of fused-ring (bicyclic) bond motifs is 1. The van der Waals surface area contributed by atoms with Crippen LogP contribution < -0.4 is 14.8 Å². The van der Waals surface area contributed by atoms with Gasteiger partial charge >= 0.3 is 0 Å². The van der Waals surface area contributed by atoms with Gasteiger partial charge in [-0.3, -0.25) is 4.79 Å². The van der Waals surface area contributed by atoms with Gasteiger partial charge in [-0.25, -0.2) is 0 Å². The minimum Gasteiger partial charge on any atom is -0.486 e. The number of rotatable bonds is 5. The first-order valence-corrected chi connectivity index (χ1v) is 6.05. The SMILES string of the molecule is COCC(O)CNC(=O)c1ccc2c(c1)OCCO2. The third kappa shape index (κ3) is 3.59. The van der Waals surface area contributed by atoms with Crippen LogP contribution in [0.15, 0.2) is 18.2 Å². The lowest BCUT2D eigenvalue weighted by molar-refractivity contribution is 0.0609. The third-order valence-electron chi connectivity index (χ3n) is 2.66. The summed E-state index contributed by atoms with van der Waals surface area (Å²) in [6.45, 7) is 1.31. The number of aliphatic hydroxyl groups is 1. The number of benzene rings is 1. The number of aliphatic hydroxyl groups excluding tert-OH is 1. The van der Waals surface area contributed by atoms with Crippen LogP contribution in [0.2, 0.25) is 0 Å². The first-order chi connectivity index (χ1) is 9.20. The molecule has 0 radical (unpaired) electrons. The number of ether oxygens (including phenoxy) is 3. The molecular formula is C13H17NO5. The maximum absolute atomic E-state index is 11.9. The number of nitrogens with one attached hydrogen (secondary N) is 1. The van der Waals surface area contributed by atoms with E-state index in [0.717, 1.165) is 0 Å². The average Bonchev–Trinajstić information content (AvgIpc) is 2.44. The Morgan fingerprint density at radius 1 is 1.42 bits per heavy atom. The summed E-state index contributed by atoms with van der Waals surface area (Å²) in [6.07, 6.45) is -0.717. The molecule has 1 aliphatic rings. The second-order valence-electron chi connectivity index (χ2n) is 4.18. The van der Waals surface area contributed by atoms with Crippen molar-refractivity contribution in [3.63, 3.8) is 0 Å². The Bertz CT molecular complexity index is 449. The zero-order valence-corrected chi connectivity index (χ0v) is 10.7. The molecule has 104 valence electrons. The lowest BCUT2D eigenvalue weighted by Gasteiger charge is -2.18. The molecule has 2 N–H and O–H groups in total. The predicted molar refractivity (Wildman–Crippen MR) is 67.6 cm³/mol. The number of methoxy groups -OCH3 is 1. The van der Waals surface area contributed by atoms with E-state index >= 15 is 0 Å². The van der Waals surface area contributed by atoms with Gasteiger partial charge in [0.15, 0.2) is 11.5 Å². The van der Waals surface area contributed by atoms with Crippen molar-refractivity contribution in [1.29, 1.82) is 0 Å². The molecule has 19 heavy (non-hydrogen) atoms. The van der Waals surface area contributed by atoms with Crippen LogP contribution >= 0.6 is 0 Å². The highest BCUT2D eigenvalue weighted by Crippen LogP contribution is 2.30. The van der Waals surface area contributed by atoms with Crippen LogP contribution in [0, 0.1) is 0 Å². The van der Waals surface area contributed by atoms with E-state index in [1.165, 1.54) is 7.11 Å². The first-order valence-electron chi connectivity index (χ1n) is 6.05. The molecule has 0 spiro atoms. The van der Waals surface area contributed by atoms with Crippen molar-refractivity contribution in [2.24, 2.45) is 0 Å². The first kappa shape index (κ1) is 13.6. The lowest BCUT2D eigenvalue weighted by Crippen LogP contribution is -2.34. The van der Waals surface area contributed by atoms with Gasteiger partial charge < -0.3 is 24.6 Å². The van der Waals surface area contributed by atoms with Gasteiger partial charge in [0.1, 0.15) is 13.2 Å². The summed E-state index contributed by atoms with van der Waals surface area (Å²) in [6, 6.07) is 4.99. The molecule has 0 saturated heterocycles. The van der Waals surface area contributed by atoms with Crippen LogP contribution in [-0.4, -0.2) is 50.6 Å². The van der Waals surface area contributed by atoms with E-state index in [4.69, 9.17) is 14.2 Å². The zero-order chi connectivity index (χ0) is 13.7. The van der Waals surface area contributed by atoms with Crippen molar-refractivity contribution in [2.45, 2.75) is 6.10 Å². The lowest BCUT2D eigenvalue weighted by atomic mass is 10.2. The molecule has 6 nitrogen and oxygen atoms in total. The van der Waals surface area contributed by atoms with Crippen LogP contribution in [0.1, 0.15) is 10.4 Å². The number of amides is 1. The molecule has 0 aromatic heterocycles. The quantitative estimate of drug-likeness (QED) is 0.796. The Kier molecular flexibility index (Phi) is 4.59. The van der Waals surface area contributed by atoms with Gasteiger partial charge in [-0.1, -0.05) is 0 Å². The van der Waals surface area contributed by atoms with E-state index in [9.17, 15) is 9.90 Å². The fraction of sp³-hybridized carbons (Fsp3) is 0.462. The molecule has 6 heteroatoms. The van der Waals surface area contributed by atoms with Gasteiger partial charge in [0, 0.05) is 19.2 Å². The Labute approximate surface area is 111 Å². The minimum absolute atomic E-state index is 0.140. The largest absolute Gasteiger partial charge is 0.486 e. The average molecular weight is 267 g/mol. The van der Waals surface area contributed by atoms with E-state index in [1.54, 1.807) is 18.2 Å². The Morgan fingerprint density at radius 2 is 2.16 bits per heavy atom. The van der Waals surface area contributed by atoms with Crippen LogP contribution in [0.25, 0.3) is 0 Å². The van der Waals surface area contributed by atoms with Crippen LogP contribution in [0.4, 0.5) is 0 Å². The van der Waals surface area contributed by atoms with E-state index in [2.05, 4.69) is 5.32 Å². The standard InChI is InChI=1S/C13H17NO5/c1-17-8-10(15)7-14-13(16)9-2-3-11-12(6-9)19-5-4-18-11/h2-3,6,10,15H,4-5,7-8H2,1H3,(H,14,16). The van der Waals surface area contributed by atoms with Crippen molar-refractivity contribution in [1.82, 2.24) is 5.32 Å². The second-order valence-corrected chi connectivity index (χ2v) is 4.18. The number of hydrogen-bond donors (Lipinski definition) is 2. The van der Waals surface area contributed by atoms with Crippen LogP contribution in [0.5, 0.6) is 11.5 Å². The highest BCUT2D eigenvalue weighted by Gasteiger charge is 2.15. The molecule has 1 heterocycles. The normalized spacial score (nSPS) is 14.8. The van der Waals surface area contributed by atoms with E-state index in [-0.39, 0.29) is 19.1 Å². The molecule has 1 atom stereocenters. The number of carbonyl (C=O) groups excluding carboxylic acids is 1. The van der Waals surface area contributed by atoms with E-state index < -0.39 is 6.10 Å². The van der Waals surface area contributed by atoms with Gasteiger partial charge in [0.2, 0.25) is 0 Å². The smallest absolute Gasteiger partial charge is 0.251 e.